The van der Waals surface area contributed by atoms with Crippen LogP contribution < -0.4 is 0 Å². The Labute approximate surface area is 582 Å². The Morgan fingerprint density at radius 3 is 0.699 bits per heavy atom. The summed E-state index contributed by atoms with van der Waals surface area (Å²) in [7, 11) is 0. The van der Waals surface area contributed by atoms with Crippen molar-refractivity contribution < 1.29 is 24.2 Å². The standard InChI is InChI=1S/C88H162O5/c1-3-5-7-9-11-13-15-17-19-21-23-25-27-29-31-33-35-37-39-41-43-45-46-48-50-52-54-56-58-60-62-64-66-68-70-72-74-76-78-80-82-87(90)92-85-86(84-89)93-88(91)83-81-79-77-75-73-71-69-67-65-63-61-59-57-55-53-51-49-47-44-42-40-38-36-34-32-30-28-26-24-22-20-18-16-14-12-10-8-6-4-2/h6,8,12,14,18,20,24,26,30,32,36,38,86,89H,3-5,7,9-11,13,15-17,19,21-23,25,27-29,31,33-35,37,39-85H2,1-2H3/b8-6-,14-12-,20-18-,26-24-,32-30-,38-36-. The average Bonchev–Trinajstić information content (AvgIpc) is 3.62. The van der Waals surface area contributed by atoms with Gasteiger partial charge in [-0.25, -0.2) is 0 Å². The van der Waals surface area contributed by atoms with Gasteiger partial charge in [0.2, 0.25) is 0 Å². The number of ether oxygens (including phenoxy) is 2. The topological polar surface area (TPSA) is 72.8 Å². The fraction of sp³-hybridized carbons (Fsp3) is 0.841. The number of aliphatic hydroxyl groups is 1. The van der Waals surface area contributed by atoms with E-state index in [9.17, 15) is 14.7 Å². The molecule has 0 amide bonds. The number of hydrogen-bond donors (Lipinski definition) is 1. The minimum Gasteiger partial charge on any atom is -0.462 e. The molecule has 0 fully saturated rings. The molecule has 544 valence electrons. The highest BCUT2D eigenvalue weighted by Gasteiger charge is 2.16. The second-order valence-electron chi connectivity index (χ2n) is 28.5. The smallest absolute Gasteiger partial charge is 0.306 e. The molecule has 0 rings (SSSR count). The molecular weight excluding hydrogens is 1140 g/mol. The quantitative estimate of drug-likeness (QED) is 0.0373. The highest BCUT2D eigenvalue weighted by atomic mass is 16.6. The lowest BCUT2D eigenvalue weighted by Crippen LogP contribution is -2.28. The van der Waals surface area contributed by atoms with E-state index >= 15 is 0 Å². The molecule has 1 unspecified atom stereocenters. The van der Waals surface area contributed by atoms with Crippen LogP contribution in [-0.4, -0.2) is 36.4 Å². The van der Waals surface area contributed by atoms with Crippen molar-refractivity contribution in [3.63, 3.8) is 0 Å². The van der Waals surface area contributed by atoms with Crippen molar-refractivity contribution in [2.45, 2.75) is 463 Å². The molecule has 0 aromatic heterocycles. The van der Waals surface area contributed by atoms with E-state index in [0.29, 0.717) is 12.8 Å². The van der Waals surface area contributed by atoms with Gasteiger partial charge in [-0.1, -0.05) is 453 Å². The third-order valence-corrected chi connectivity index (χ3v) is 19.3. The Kier molecular flexibility index (Phi) is 81.2. The highest BCUT2D eigenvalue weighted by molar-refractivity contribution is 5.70. The molecule has 0 aromatic carbocycles. The maximum Gasteiger partial charge on any atom is 0.306 e. The summed E-state index contributed by atoms with van der Waals surface area (Å²) in [6.45, 7) is 4.09. The van der Waals surface area contributed by atoms with Crippen LogP contribution in [0.4, 0.5) is 0 Å². The molecule has 0 spiro atoms. The van der Waals surface area contributed by atoms with Crippen molar-refractivity contribution in [2.75, 3.05) is 13.2 Å². The summed E-state index contributed by atoms with van der Waals surface area (Å²) in [5, 5.41) is 9.74. The molecule has 0 bridgehead atoms. The molecule has 0 aliphatic carbocycles. The molecule has 0 aliphatic heterocycles. The van der Waals surface area contributed by atoms with Gasteiger partial charge < -0.3 is 14.6 Å². The van der Waals surface area contributed by atoms with Crippen LogP contribution in [0.1, 0.15) is 457 Å². The predicted octanol–water partition coefficient (Wildman–Crippen LogP) is 29.7. The molecule has 0 saturated carbocycles. The Balaban J connectivity index is 3.37. The third-order valence-electron chi connectivity index (χ3n) is 19.3. The van der Waals surface area contributed by atoms with Gasteiger partial charge in [0.25, 0.3) is 0 Å². The van der Waals surface area contributed by atoms with Crippen molar-refractivity contribution in [3.8, 4) is 0 Å². The molecule has 0 heterocycles. The molecule has 5 heteroatoms. The van der Waals surface area contributed by atoms with Gasteiger partial charge in [-0.2, -0.15) is 0 Å². The summed E-state index contributed by atoms with van der Waals surface area (Å²) in [5.74, 6) is -0.565. The molecule has 0 aromatic rings. The van der Waals surface area contributed by atoms with Gasteiger partial charge in [0.15, 0.2) is 6.10 Å². The van der Waals surface area contributed by atoms with Gasteiger partial charge in [0.05, 0.1) is 6.61 Å². The normalized spacial score (nSPS) is 12.5. The highest BCUT2D eigenvalue weighted by Crippen LogP contribution is 2.20. The van der Waals surface area contributed by atoms with Gasteiger partial charge >= 0.3 is 11.9 Å². The predicted molar refractivity (Wildman–Crippen MR) is 413 cm³/mol. The summed E-state index contributed by atoms with van der Waals surface area (Å²) >= 11 is 0. The van der Waals surface area contributed by atoms with Crippen LogP contribution in [0.5, 0.6) is 0 Å². The number of aliphatic hydroxyl groups excluding tert-OH is 1. The molecular formula is C88H162O5. The number of rotatable bonds is 79. The summed E-state index contributed by atoms with van der Waals surface area (Å²) < 4.78 is 10.8. The second-order valence-corrected chi connectivity index (χ2v) is 28.5. The molecule has 0 saturated heterocycles. The lowest BCUT2D eigenvalue weighted by Gasteiger charge is -2.15. The monoisotopic (exact) mass is 1300 g/mol. The minimum absolute atomic E-state index is 0.0602. The van der Waals surface area contributed by atoms with Gasteiger partial charge in [0.1, 0.15) is 6.61 Å². The summed E-state index contributed by atoms with van der Waals surface area (Å²) in [6.07, 6.45) is 117. The van der Waals surface area contributed by atoms with Crippen molar-refractivity contribution in [2.24, 2.45) is 0 Å². The van der Waals surface area contributed by atoms with E-state index in [-0.39, 0.29) is 25.2 Å². The lowest BCUT2D eigenvalue weighted by atomic mass is 10.0. The lowest BCUT2D eigenvalue weighted by molar-refractivity contribution is -0.161. The number of carbonyl (C=O) groups is 2. The van der Waals surface area contributed by atoms with Crippen molar-refractivity contribution in [3.05, 3.63) is 72.9 Å². The van der Waals surface area contributed by atoms with Crippen LogP contribution in [-0.2, 0) is 19.1 Å². The minimum atomic E-state index is -0.773. The number of allylic oxidation sites excluding steroid dienone is 12. The van der Waals surface area contributed by atoms with Crippen LogP contribution in [0.2, 0.25) is 0 Å². The van der Waals surface area contributed by atoms with Gasteiger partial charge in [-0.15, -0.1) is 0 Å². The SMILES string of the molecule is CC/C=C\C/C=C\C/C=C\C/C=C\C/C=C\C/C=C\CCCCCCCCCCCCCCCCCCCCCCC(=O)OC(CO)COC(=O)CCCCCCCCCCCCCCCCCCCCCCCCCCCCCCCCCCCCCCCCCC. The van der Waals surface area contributed by atoms with Crippen LogP contribution in [0.15, 0.2) is 72.9 Å². The summed E-state index contributed by atoms with van der Waals surface area (Å²) in [4.78, 5) is 24.7. The largest absolute Gasteiger partial charge is 0.462 e. The molecule has 1 N–H and O–H groups in total. The first-order chi connectivity index (χ1) is 46.1. The van der Waals surface area contributed by atoms with Crippen LogP contribution in [0, 0.1) is 0 Å². The fourth-order valence-electron chi connectivity index (χ4n) is 13.0. The maximum atomic E-state index is 12.4. The molecule has 0 radical (unpaired) electrons. The molecule has 1 atom stereocenters. The van der Waals surface area contributed by atoms with Crippen LogP contribution in [0.3, 0.4) is 0 Å². The van der Waals surface area contributed by atoms with E-state index in [1.165, 1.54) is 360 Å². The van der Waals surface area contributed by atoms with E-state index in [1.54, 1.807) is 0 Å². The van der Waals surface area contributed by atoms with E-state index in [4.69, 9.17) is 9.47 Å². The zero-order chi connectivity index (χ0) is 66.8. The Bertz CT molecular complexity index is 1620. The number of unbranched alkanes of at least 4 members (excludes halogenated alkanes) is 59. The van der Waals surface area contributed by atoms with Crippen LogP contribution in [0.25, 0.3) is 0 Å². The van der Waals surface area contributed by atoms with E-state index in [0.717, 1.165) is 70.6 Å². The van der Waals surface area contributed by atoms with E-state index in [1.807, 2.05) is 0 Å². The van der Waals surface area contributed by atoms with Crippen molar-refractivity contribution in [1.82, 2.24) is 0 Å². The first kappa shape index (κ1) is 90.3. The number of esters is 2. The van der Waals surface area contributed by atoms with E-state index in [2.05, 4.69) is 86.8 Å². The Morgan fingerprint density at radius 1 is 0.258 bits per heavy atom. The summed E-state index contributed by atoms with van der Waals surface area (Å²) in [6, 6.07) is 0. The van der Waals surface area contributed by atoms with Crippen LogP contribution >= 0.6 is 0 Å². The third kappa shape index (κ3) is 81.7. The molecule has 5 nitrogen and oxygen atoms in total. The zero-order valence-electron chi connectivity index (χ0n) is 62.8. The zero-order valence-corrected chi connectivity index (χ0v) is 62.8. The Hall–Kier alpha value is -2.66. The Morgan fingerprint density at radius 2 is 0.462 bits per heavy atom. The number of hydrogen-bond acceptors (Lipinski definition) is 5. The number of carbonyl (C=O) groups excluding carboxylic acids is 2. The molecule has 0 aliphatic rings. The van der Waals surface area contributed by atoms with E-state index < -0.39 is 6.10 Å². The molecule has 93 heavy (non-hydrogen) atoms. The second kappa shape index (κ2) is 83.6. The van der Waals surface area contributed by atoms with Gasteiger partial charge in [0, 0.05) is 12.8 Å². The maximum absolute atomic E-state index is 12.4. The first-order valence-electron chi connectivity index (χ1n) is 42.0. The average molecular weight is 1300 g/mol. The summed E-state index contributed by atoms with van der Waals surface area (Å²) in [5.41, 5.74) is 0. The van der Waals surface area contributed by atoms with Gasteiger partial charge in [-0.05, 0) is 64.2 Å². The first-order valence-corrected chi connectivity index (χ1v) is 42.0. The fourth-order valence-corrected chi connectivity index (χ4v) is 13.0. The van der Waals surface area contributed by atoms with Crippen molar-refractivity contribution >= 4 is 11.9 Å². The van der Waals surface area contributed by atoms with Gasteiger partial charge in [-0.3, -0.25) is 9.59 Å². The van der Waals surface area contributed by atoms with Crippen molar-refractivity contribution in [1.29, 1.82) is 0 Å².